The number of nitrogens with zero attached hydrogens (tertiary/aromatic N) is 3. The summed E-state index contributed by atoms with van der Waals surface area (Å²) in [6.07, 6.45) is 1.26. The Hall–Kier alpha value is -1.47. The lowest BCUT2D eigenvalue weighted by Crippen LogP contribution is -2.37. The zero-order chi connectivity index (χ0) is 10.6. The predicted octanol–water partition coefficient (Wildman–Crippen LogP) is -1.39. The van der Waals surface area contributed by atoms with E-state index in [2.05, 4.69) is 20.3 Å². The van der Waals surface area contributed by atoms with Gasteiger partial charge in [-0.05, 0) is 6.92 Å². The maximum absolute atomic E-state index is 9.44. The fourth-order valence-corrected chi connectivity index (χ4v) is 0.719. The highest BCUT2D eigenvalue weighted by atomic mass is 16.3. The lowest BCUT2D eigenvalue weighted by atomic mass is 10.1. The van der Waals surface area contributed by atoms with Gasteiger partial charge in [-0.3, -0.25) is 0 Å². The van der Waals surface area contributed by atoms with E-state index in [1.54, 1.807) is 0 Å². The normalized spacial score (nSPS) is 14.8. The molecular formula is C7H13N5O2. The molecule has 5 N–H and O–H groups in total. The number of hydrogen-bond donors (Lipinski definition) is 4. The summed E-state index contributed by atoms with van der Waals surface area (Å²) in [5, 5.41) is 20.9. The van der Waals surface area contributed by atoms with Crippen molar-refractivity contribution in [1.29, 1.82) is 0 Å². The van der Waals surface area contributed by atoms with Gasteiger partial charge in [0.1, 0.15) is 11.9 Å². The molecule has 0 radical (unpaired) electrons. The third-order valence-electron chi connectivity index (χ3n) is 1.56. The first-order valence-corrected chi connectivity index (χ1v) is 4.05. The van der Waals surface area contributed by atoms with Crippen LogP contribution < -0.4 is 11.1 Å². The highest BCUT2D eigenvalue weighted by Gasteiger charge is 2.18. The summed E-state index contributed by atoms with van der Waals surface area (Å²) in [7, 11) is 0. The second-order valence-corrected chi connectivity index (χ2v) is 3.18. The van der Waals surface area contributed by atoms with Gasteiger partial charge in [0.15, 0.2) is 0 Å². The standard InChI is InChI=1S/C7H13N5O2/c1-7(14,3-13)2-9-6-11-4-10-5(8)12-6/h4,13-14H,2-3H2,1H3,(H3,8,9,10,11,12). The smallest absolute Gasteiger partial charge is 0.227 e. The largest absolute Gasteiger partial charge is 0.393 e. The van der Waals surface area contributed by atoms with Gasteiger partial charge in [0.25, 0.3) is 0 Å². The van der Waals surface area contributed by atoms with Gasteiger partial charge in [0.05, 0.1) is 6.61 Å². The predicted molar refractivity (Wildman–Crippen MR) is 50.4 cm³/mol. The van der Waals surface area contributed by atoms with E-state index in [1.807, 2.05) is 0 Å². The third kappa shape index (κ3) is 3.11. The molecule has 0 amide bonds. The van der Waals surface area contributed by atoms with Gasteiger partial charge in [-0.1, -0.05) is 0 Å². The summed E-state index contributed by atoms with van der Waals surface area (Å²) in [5.74, 6) is 0.373. The van der Waals surface area contributed by atoms with Crippen LogP contribution in [0.15, 0.2) is 6.33 Å². The number of hydrogen-bond acceptors (Lipinski definition) is 7. The number of nitrogens with two attached hydrogens (primary N) is 1. The van der Waals surface area contributed by atoms with Crippen LogP contribution in [0, 0.1) is 0 Å². The van der Waals surface area contributed by atoms with E-state index in [0.717, 1.165) is 0 Å². The number of aliphatic hydroxyl groups excluding tert-OH is 1. The molecule has 1 heterocycles. The minimum atomic E-state index is -1.21. The van der Waals surface area contributed by atoms with Crippen LogP contribution in [0.2, 0.25) is 0 Å². The fourth-order valence-electron chi connectivity index (χ4n) is 0.719. The Morgan fingerprint density at radius 1 is 1.57 bits per heavy atom. The van der Waals surface area contributed by atoms with Crippen molar-refractivity contribution in [3.8, 4) is 0 Å². The highest BCUT2D eigenvalue weighted by molar-refractivity contribution is 5.29. The molecule has 7 nitrogen and oxygen atoms in total. The minimum Gasteiger partial charge on any atom is -0.393 e. The zero-order valence-electron chi connectivity index (χ0n) is 7.80. The van der Waals surface area contributed by atoms with Gasteiger partial charge in [-0.2, -0.15) is 4.98 Å². The molecule has 14 heavy (non-hydrogen) atoms. The van der Waals surface area contributed by atoms with E-state index in [4.69, 9.17) is 10.8 Å². The van der Waals surface area contributed by atoms with Crippen molar-refractivity contribution in [3.05, 3.63) is 6.33 Å². The van der Waals surface area contributed by atoms with E-state index in [9.17, 15) is 5.11 Å². The molecule has 0 aliphatic rings. The second kappa shape index (κ2) is 4.16. The van der Waals surface area contributed by atoms with Gasteiger partial charge in [0.2, 0.25) is 11.9 Å². The Balaban J connectivity index is 2.54. The summed E-state index contributed by atoms with van der Waals surface area (Å²) in [4.78, 5) is 11.1. The molecule has 1 aromatic rings. The molecule has 1 rings (SSSR count). The molecule has 1 unspecified atom stereocenters. The van der Waals surface area contributed by atoms with Crippen molar-refractivity contribution in [1.82, 2.24) is 15.0 Å². The molecule has 0 saturated carbocycles. The van der Waals surface area contributed by atoms with Crippen LogP contribution in [0.5, 0.6) is 0 Å². The molecule has 0 aliphatic carbocycles. The molecule has 0 spiro atoms. The Bertz CT molecular complexity index is 304. The van der Waals surface area contributed by atoms with Crippen LogP contribution in [0.3, 0.4) is 0 Å². The van der Waals surface area contributed by atoms with Crippen molar-refractivity contribution in [2.45, 2.75) is 12.5 Å². The molecule has 1 atom stereocenters. The van der Waals surface area contributed by atoms with Gasteiger partial charge < -0.3 is 21.3 Å². The van der Waals surface area contributed by atoms with Crippen molar-refractivity contribution in [2.75, 3.05) is 24.2 Å². The third-order valence-corrected chi connectivity index (χ3v) is 1.56. The minimum absolute atomic E-state index is 0.103. The lowest BCUT2D eigenvalue weighted by Gasteiger charge is -2.20. The number of rotatable bonds is 4. The highest BCUT2D eigenvalue weighted by Crippen LogP contribution is 2.04. The Morgan fingerprint density at radius 3 is 2.86 bits per heavy atom. The molecule has 0 fully saturated rings. The summed E-state index contributed by atoms with van der Waals surface area (Å²) in [6, 6.07) is 0. The van der Waals surface area contributed by atoms with E-state index in [-0.39, 0.29) is 25.0 Å². The Kier molecular flexibility index (Phi) is 3.15. The van der Waals surface area contributed by atoms with Crippen LogP contribution in [-0.4, -0.2) is 43.9 Å². The van der Waals surface area contributed by atoms with Crippen LogP contribution in [0.4, 0.5) is 11.9 Å². The first kappa shape index (κ1) is 10.6. The number of nitrogen functional groups attached to an aromatic ring is 1. The zero-order valence-corrected chi connectivity index (χ0v) is 7.80. The van der Waals surface area contributed by atoms with Crippen molar-refractivity contribution < 1.29 is 10.2 Å². The maximum Gasteiger partial charge on any atom is 0.227 e. The van der Waals surface area contributed by atoms with Crippen LogP contribution in [-0.2, 0) is 0 Å². The molecule has 0 bridgehead atoms. The number of aromatic nitrogens is 3. The van der Waals surface area contributed by atoms with E-state index >= 15 is 0 Å². The number of anilines is 2. The van der Waals surface area contributed by atoms with Gasteiger partial charge in [0, 0.05) is 6.54 Å². The number of aliphatic hydroxyl groups is 2. The van der Waals surface area contributed by atoms with Gasteiger partial charge in [-0.25, -0.2) is 9.97 Å². The molecule has 0 saturated heterocycles. The average molecular weight is 199 g/mol. The van der Waals surface area contributed by atoms with Crippen molar-refractivity contribution in [2.24, 2.45) is 0 Å². The van der Waals surface area contributed by atoms with Gasteiger partial charge >= 0.3 is 0 Å². The fraction of sp³-hybridized carbons (Fsp3) is 0.571. The number of nitrogens with one attached hydrogen (secondary N) is 1. The molecule has 0 aromatic carbocycles. The lowest BCUT2D eigenvalue weighted by molar-refractivity contribution is 0.0131. The molecular weight excluding hydrogens is 186 g/mol. The molecule has 78 valence electrons. The summed E-state index contributed by atoms with van der Waals surface area (Å²) < 4.78 is 0. The average Bonchev–Trinajstić information content (AvgIpc) is 2.15. The molecule has 0 aliphatic heterocycles. The summed E-state index contributed by atoms with van der Waals surface area (Å²) in [6.45, 7) is 1.28. The SMILES string of the molecule is CC(O)(CO)CNc1ncnc(N)n1. The van der Waals surface area contributed by atoms with Crippen molar-refractivity contribution >= 4 is 11.9 Å². The van der Waals surface area contributed by atoms with Crippen molar-refractivity contribution in [3.63, 3.8) is 0 Å². The van der Waals surface area contributed by atoms with Gasteiger partial charge in [-0.15, -0.1) is 0 Å². The maximum atomic E-state index is 9.44. The monoisotopic (exact) mass is 199 g/mol. The van der Waals surface area contributed by atoms with E-state index in [0.29, 0.717) is 0 Å². The second-order valence-electron chi connectivity index (χ2n) is 3.18. The Labute approximate surface area is 81.0 Å². The van der Waals surface area contributed by atoms with E-state index in [1.165, 1.54) is 13.3 Å². The molecule has 7 heteroatoms. The van der Waals surface area contributed by atoms with Crippen LogP contribution in [0.25, 0.3) is 0 Å². The summed E-state index contributed by atoms with van der Waals surface area (Å²) in [5.41, 5.74) is 4.11. The summed E-state index contributed by atoms with van der Waals surface area (Å²) >= 11 is 0. The van der Waals surface area contributed by atoms with Crippen LogP contribution in [0.1, 0.15) is 6.92 Å². The topological polar surface area (TPSA) is 117 Å². The first-order valence-electron chi connectivity index (χ1n) is 4.05. The van der Waals surface area contributed by atoms with Crippen LogP contribution >= 0.6 is 0 Å². The molecule has 1 aromatic heterocycles. The quantitative estimate of drug-likeness (QED) is 0.471. The first-order chi connectivity index (χ1) is 6.53. The Morgan fingerprint density at radius 2 is 2.29 bits per heavy atom. The van der Waals surface area contributed by atoms with E-state index < -0.39 is 5.60 Å².